The zero-order valence-corrected chi connectivity index (χ0v) is 16.8. The van der Waals surface area contributed by atoms with Gasteiger partial charge in [0, 0.05) is 13.0 Å². The zero-order valence-electron chi connectivity index (χ0n) is 16.8. The van der Waals surface area contributed by atoms with Gasteiger partial charge < -0.3 is 4.42 Å². The van der Waals surface area contributed by atoms with E-state index in [1.54, 1.807) is 0 Å². The summed E-state index contributed by atoms with van der Waals surface area (Å²) in [6, 6.07) is 19.5. The Labute approximate surface area is 172 Å². The summed E-state index contributed by atoms with van der Waals surface area (Å²) >= 11 is 0. The lowest BCUT2D eigenvalue weighted by atomic mass is 9.91. The molecule has 4 rings (SSSR count). The molecule has 0 bridgehead atoms. The van der Waals surface area contributed by atoms with E-state index in [0.717, 1.165) is 38.4 Å². The van der Waals surface area contributed by atoms with Gasteiger partial charge in [0.05, 0.1) is 6.20 Å². The van der Waals surface area contributed by atoms with Crippen LogP contribution < -0.4 is 0 Å². The Morgan fingerprint density at radius 2 is 1.83 bits per heavy atom. The molecule has 1 saturated heterocycles. The Hall–Kier alpha value is -2.72. The Bertz CT molecular complexity index is 898. The summed E-state index contributed by atoms with van der Waals surface area (Å²) in [7, 11) is 0. The van der Waals surface area contributed by atoms with Crippen LogP contribution in [-0.2, 0) is 6.54 Å². The van der Waals surface area contributed by atoms with Gasteiger partial charge in [0.15, 0.2) is 0 Å². The number of ketones is 1. The van der Waals surface area contributed by atoms with E-state index in [2.05, 4.69) is 64.5 Å². The third kappa shape index (κ3) is 5.42. The lowest BCUT2D eigenvalue weighted by molar-refractivity contribution is 0.0940. The zero-order chi connectivity index (χ0) is 19.9. The molecule has 0 unspecified atom stereocenters. The van der Waals surface area contributed by atoms with E-state index in [1.165, 1.54) is 42.0 Å². The van der Waals surface area contributed by atoms with Crippen LogP contribution in [-0.4, -0.2) is 28.8 Å². The third-order valence-corrected chi connectivity index (χ3v) is 5.83. The van der Waals surface area contributed by atoms with Crippen LogP contribution in [0, 0.1) is 5.92 Å². The SMILES string of the molecule is O=C(CCCC1CCN(Cc2cccc(-c3ccccc3)c2)CC1)c1ncco1. The highest BCUT2D eigenvalue weighted by molar-refractivity contribution is 5.91. The number of benzene rings is 2. The molecular formula is C25H28N2O2. The summed E-state index contributed by atoms with van der Waals surface area (Å²) in [5, 5.41) is 0. The number of hydrogen-bond donors (Lipinski definition) is 0. The molecule has 0 spiro atoms. The second-order valence-electron chi connectivity index (χ2n) is 7.94. The highest BCUT2D eigenvalue weighted by atomic mass is 16.3. The van der Waals surface area contributed by atoms with Crippen LogP contribution in [0.5, 0.6) is 0 Å². The van der Waals surface area contributed by atoms with Crippen molar-refractivity contribution in [2.45, 2.75) is 38.6 Å². The van der Waals surface area contributed by atoms with Gasteiger partial charge in [0.25, 0.3) is 5.89 Å². The normalized spacial score (nSPS) is 15.4. The smallest absolute Gasteiger partial charge is 0.263 e. The number of Topliss-reactive ketones (excluding diaryl/α,β-unsaturated/α-hetero) is 1. The summed E-state index contributed by atoms with van der Waals surface area (Å²) in [6.07, 6.45) is 7.98. The van der Waals surface area contributed by atoms with Crippen LogP contribution in [0.3, 0.4) is 0 Å². The van der Waals surface area contributed by atoms with Crippen molar-refractivity contribution in [2.75, 3.05) is 13.1 Å². The largest absolute Gasteiger partial charge is 0.442 e. The van der Waals surface area contributed by atoms with E-state index < -0.39 is 0 Å². The van der Waals surface area contributed by atoms with Gasteiger partial charge in [0.2, 0.25) is 5.78 Å². The topological polar surface area (TPSA) is 46.3 Å². The van der Waals surface area contributed by atoms with Crippen LogP contribution in [0.4, 0.5) is 0 Å². The first kappa shape index (κ1) is 19.6. The lowest BCUT2D eigenvalue weighted by Gasteiger charge is -2.32. The number of aromatic nitrogens is 1. The minimum Gasteiger partial charge on any atom is -0.442 e. The van der Waals surface area contributed by atoms with Crippen molar-refractivity contribution in [3.05, 3.63) is 78.5 Å². The number of hydrogen-bond acceptors (Lipinski definition) is 4. The molecule has 3 aromatic rings. The van der Waals surface area contributed by atoms with Gasteiger partial charge >= 0.3 is 0 Å². The minimum absolute atomic E-state index is 0.0192. The van der Waals surface area contributed by atoms with Crippen LogP contribution >= 0.6 is 0 Å². The molecule has 0 aliphatic carbocycles. The first-order chi connectivity index (χ1) is 14.3. The van der Waals surface area contributed by atoms with Gasteiger partial charge in [0.1, 0.15) is 6.26 Å². The van der Waals surface area contributed by atoms with Gasteiger partial charge in [-0.2, -0.15) is 0 Å². The van der Waals surface area contributed by atoms with E-state index in [4.69, 9.17) is 4.42 Å². The standard InChI is InChI=1S/C25H28N2O2/c28-24(25-26-14-17-29-25)11-5-6-20-12-15-27(16-13-20)19-21-7-4-10-23(18-21)22-8-2-1-3-9-22/h1-4,7-10,14,17-18,20H,5-6,11-13,15-16,19H2. The molecule has 0 saturated carbocycles. The van der Waals surface area contributed by atoms with Gasteiger partial charge in [-0.05, 0) is 67.4 Å². The summed E-state index contributed by atoms with van der Waals surface area (Å²) in [5.74, 6) is 0.988. The maximum absolute atomic E-state index is 12.0. The van der Waals surface area contributed by atoms with Crippen molar-refractivity contribution in [2.24, 2.45) is 5.92 Å². The first-order valence-corrected chi connectivity index (χ1v) is 10.6. The average Bonchev–Trinajstić information content (AvgIpc) is 3.31. The number of likely N-dealkylation sites (tertiary alicyclic amines) is 1. The second kappa shape index (κ2) is 9.66. The molecule has 0 radical (unpaired) electrons. The van der Waals surface area contributed by atoms with Crippen molar-refractivity contribution in [1.82, 2.24) is 9.88 Å². The van der Waals surface area contributed by atoms with E-state index >= 15 is 0 Å². The molecule has 29 heavy (non-hydrogen) atoms. The lowest BCUT2D eigenvalue weighted by Crippen LogP contribution is -2.33. The predicted molar refractivity (Wildman–Crippen MR) is 115 cm³/mol. The molecule has 0 amide bonds. The second-order valence-corrected chi connectivity index (χ2v) is 7.94. The molecule has 150 valence electrons. The molecule has 1 aliphatic heterocycles. The maximum atomic E-state index is 12.0. The highest BCUT2D eigenvalue weighted by Crippen LogP contribution is 2.25. The molecule has 2 heterocycles. The van der Waals surface area contributed by atoms with Crippen molar-refractivity contribution >= 4 is 5.78 Å². The van der Waals surface area contributed by atoms with Crippen molar-refractivity contribution < 1.29 is 9.21 Å². The Balaban J connectivity index is 1.22. The summed E-state index contributed by atoms with van der Waals surface area (Å²) in [4.78, 5) is 18.5. The summed E-state index contributed by atoms with van der Waals surface area (Å²) < 4.78 is 5.08. The monoisotopic (exact) mass is 388 g/mol. The average molecular weight is 389 g/mol. The van der Waals surface area contributed by atoms with Crippen molar-refractivity contribution in [3.63, 3.8) is 0 Å². The molecule has 0 atom stereocenters. The predicted octanol–water partition coefficient (Wildman–Crippen LogP) is 5.61. The Morgan fingerprint density at radius 3 is 2.59 bits per heavy atom. The molecular weight excluding hydrogens is 360 g/mol. The van der Waals surface area contributed by atoms with Crippen LogP contribution in [0.15, 0.2) is 71.5 Å². The molecule has 1 aromatic heterocycles. The van der Waals surface area contributed by atoms with Gasteiger partial charge in [-0.15, -0.1) is 0 Å². The quantitative estimate of drug-likeness (QED) is 0.471. The van der Waals surface area contributed by atoms with Crippen molar-refractivity contribution in [1.29, 1.82) is 0 Å². The van der Waals surface area contributed by atoms with Gasteiger partial charge in [-0.3, -0.25) is 9.69 Å². The molecule has 2 aromatic carbocycles. The summed E-state index contributed by atoms with van der Waals surface area (Å²) in [6.45, 7) is 3.28. The van der Waals surface area contributed by atoms with E-state index in [9.17, 15) is 4.79 Å². The highest BCUT2D eigenvalue weighted by Gasteiger charge is 2.20. The fourth-order valence-electron chi connectivity index (χ4n) is 4.19. The minimum atomic E-state index is 0.0192. The fourth-order valence-corrected chi connectivity index (χ4v) is 4.19. The molecule has 4 nitrogen and oxygen atoms in total. The first-order valence-electron chi connectivity index (χ1n) is 10.6. The molecule has 0 N–H and O–H groups in total. The molecule has 1 aliphatic rings. The van der Waals surface area contributed by atoms with Crippen LogP contribution in [0.1, 0.15) is 48.4 Å². The van der Waals surface area contributed by atoms with Gasteiger partial charge in [-0.25, -0.2) is 4.98 Å². The van der Waals surface area contributed by atoms with Gasteiger partial charge in [-0.1, -0.05) is 48.5 Å². The van der Waals surface area contributed by atoms with Crippen LogP contribution in [0.25, 0.3) is 11.1 Å². The number of carbonyl (C=O) groups excluding carboxylic acids is 1. The number of carbonyl (C=O) groups is 1. The fraction of sp³-hybridized carbons (Fsp3) is 0.360. The third-order valence-electron chi connectivity index (χ3n) is 5.83. The number of rotatable bonds is 8. The van der Waals surface area contributed by atoms with E-state index in [-0.39, 0.29) is 11.7 Å². The Morgan fingerprint density at radius 1 is 1.03 bits per heavy atom. The van der Waals surface area contributed by atoms with E-state index in [1.807, 2.05) is 0 Å². The molecule has 4 heteroatoms. The summed E-state index contributed by atoms with van der Waals surface area (Å²) in [5.41, 5.74) is 3.93. The number of nitrogens with zero attached hydrogens (tertiary/aromatic N) is 2. The Kier molecular flexibility index (Phi) is 6.52. The molecule has 1 fully saturated rings. The number of piperidine rings is 1. The van der Waals surface area contributed by atoms with Crippen LogP contribution in [0.2, 0.25) is 0 Å². The van der Waals surface area contributed by atoms with Crippen molar-refractivity contribution in [3.8, 4) is 11.1 Å². The van der Waals surface area contributed by atoms with E-state index in [0.29, 0.717) is 6.42 Å². The number of oxazole rings is 1. The maximum Gasteiger partial charge on any atom is 0.263 e.